The van der Waals surface area contributed by atoms with Crippen molar-refractivity contribution in [3.8, 4) is 5.75 Å². The van der Waals surface area contributed by atoms with Crippen LogP contribution in [0.25, 0.3) is 0 Å². The minimum absolute atomic E-state index is 0.268. The standard InChI is InChI=1S/C20H16F2N2O/c21-17-6-4-15(5-7-17)14-25-20-3-1-2-16(12-20)13-23-24-19-10-8-18(22)9-11-19/h1-13,24H,14H2. The number of hydrogen-bond acceptors (Lipinski definition) is 3. The molecule has 0 radical (unpaired) electrons. The summed E-state index contributed by atoms with van der Waals surface area (Å²) in [6.07, 6.45) is 1.65. The molecule has 5 heteroatoms. The van der Waals surface area contributed by atoms with Crippen LogP contribution in [0.5, 0.6) is 5.75 Å². The zero-order valence-electron chi connectivity index (χ0n) is 13.3. The van der Waals surface area contributed by atoms with Gasteiger partial charge in [0.1, 0.15) is 24.0 Å². The fourth-order valence-corrected chi connectivity index (χ4v) is 2.14. The molecule has 1 N–H and O–H groups in total. The quantitative estimate of drug-likeness (QED) is 0.507. The molecule has 126 valence electrons. The predicted octanol–water partition coefficient (Wildman–Crippen LogP) is 4.99. The molecule has 3 aromatic carbocycles. The molecule has 0 aliphatic heterocycles. The Bertz CT molecular complexity index is 846. The Kier molecular flexibility index (Phi) is 5.36. The Balaban J connectivity index is 1.58. The van der Waals surface area contributed by atoms with Crippen molar-refractivity contribution < 1.29 is 13.5 Å². The Hall–Kier alpha value is -3.21. The predicted molar refractivity (Wildman–Crippen MR) is 94.8 cm³/mol. The summed E-state index contributed by atoms with van der Waals surface area (Å²) in [5, 5.41) is 4.12. The molecule has 0 amide bonds. The van der Waals surface area contributed by atoms with E-state index in [1.807, 2.05) is 24.3 Å². The summed E-state index contributed by atoms with van der Waals surface area (Å²) in [5.41, 5.74) is 5.27. The van der Waals surface area contributed by atoms with Crippen molar-refractivity contribution in [1.29, 1.82) is 0 Å². The van der Waals surface area contributed by atoms with E-state index >= 15 is 0 Å². The Labute approximate surface area is 144 Å². The van der Waals surface area contributed by atoms with Crippen molar-refractivity contribution in [3.63, 3.8) is 0 Å². The summed E-state index contributed by atoms with van der Waals surface area (Å²) in [4.78, 5) is 0. The molecule has 0 saturated heterocycles. The molecule has 0 spiro atoms. The summed E-state index contributed by atoms with van der Waals surface area (Å²) in [6.45, 7) is 0.356. The highest BCUT2D eigenvalue weighted by Gasteiger charge is 1.98. The first-order chi connectivity index (χ1) is 12.2. The fourth-order valence-electron chi connectivity index (χ4n) is 2.14. The van der Waals surface area contributed by atoms with Crippen LogP contribution in [0.3, 0.4) is 0 Å². The Morgan fingerprint density at radius 1 is 0.880 bits per heavy atom. The molecule has 0 unspecified atom stereocenters. The molecule has 0 aliphatic rings. The Morgan fingerprint density at radius 3 is 2.28 bits per heavy atom. The van der Waals surface area contributed by atoms with E-state index in [2.05, 4.69) is 10.5 Å². The molecule has 25 heavy (non-hydrogen) atoms. The van der Waals surface area contributed by atoms with Gasteiger partial charge in [0.2, 0.25) is 0 Å². The van der Waals surface area contributed by atoms with Gasteiger partial charge in [-0.2, -0.15) is 5.10 Å². The summed E-state index contributed by atoms with van der Waals surface area (Å²) in [7, 11) is 0. The third-order valence-corrected chi connectivity index (χ3v) is 3.43. The van der Waals surface area contributed by atoms with Gasteiger partial charge in [0.25, 0.3) is 0 Å². The number of anilines is 1. The van der Waals surface area contributed by atoms with Gasteiger partial charge in [-0.3, -0.25) is 5.43 Å². The average Bonchev–Trinajstić information content (AvgIpc) is 2.63. The van der Waals surface area contributed by atoms with Gasteiger partial charge in [-0.1, -0.05) is 24.3 Å². The van der Waals surface area contributed by atoms with E-state index < -0.39 is 0 Å². The maximum absolute atomic E-state index is 12.9. The van der Waals surface area contributed by atoms with Crippen LogP contribution in [-0.2, 0) is 6.61 Å². The second-order valence-corrected chi connectivity index (χ2v) is 5.36. The average molecular weight is 338 g/mol. The first-order valence-electron chi connectivity index (χ1n) is 7.71. The van der Waals surface area contributed by atoms with Crippen molar-refractivity contribution in [2.75, 3.05) is 5.43 Å². The monoisotopic (exact) mass is 338 g/mol. The number of hydrazone groups is 1. The number of nitrogens with one attached hydrogen (secondary N) is 1. The number of hydrogen-bond donors (Lipinski definition) is 1. The van der Waals surface area contributed by atoms with Crippen LogP contribution in [0, 0.1) is 11.6 Å². The van der Waals surface area contributed by atoms with E-state index in [0.717, 1.165) is 11.1 Å². The molecule has 0 aromatic heterocycles. The third-order valence-electron chi connectivity index (χ3n) is 3.43. The fraction of sp³-hybridized carbons (Fsp3) is 0.0500. The van der Waals surface area contributed by atoms with Crippen LogP contribution in [0.1, 0.15) is 11.1 Å². The number of rotatable bonds is 6. The second-order valence-electron chi connectivity index (χ2n) is 5.36. The van der Waals surface area contributed by atoms with Crippen molar-refractivity contribution in [1.82, 2.24) is 0 Å². The Morgan fingerprint density at radius 2 is 1.56 bits per heavy atom. The molecule has 3 aromatic rings. The summed E-state index contributed by atoms with van der Waals surface area (Å²) in [6, 6.07) is 19.6. The summed E-state index contributed by atoms with van der Waals surface area (Å²) < 4.78 is 31.4. The third kappa shape index (κ3) is 5.14. The van der Waals surface area contributed by atoms with Crippen LogP contribution in [0.4, 0.5) is 14.5 Å². The lowest BCUT2D eigenvalue weighted by Crippen LogP contribution is -1.96. The molecular weight excluding hydrogens is 322 g/mol. The van der Waals surface area contributed by atoms with Gasteiger partial charge in [-0.15, -0.1) is 0 Å². The molecule has 0 fully saturated rings. The summed E-state index contributed by atoms with van der Waals surface area (Å²) in [5.74, 6) is 0.131. The maximum Gasteiger partial charge on any atom is 0.123 e. The SMILES string of the molecule is Fc1ccc(COc2cccc(C=NNc3ccc(F)cc3)c2)cc1. The summed E-state index contributed by atoms with van der Waals surface area (Å²) >= 11 is 0. The second kappa shape index (κ2) is 8.06. The van der Waals surface area contributed by atoms with Crippen molar-refractivity contribution >= 4 is 11.9 Å². The van der Waals surface area contributed by atoms with E-state index in [1.54, 1.807) is 30.5 Å². The highest BCUT2D eigenvalue weighted by atomic mass is 19.1. The van der Waals surface area contributed by atoms with Gasteiger partial charge in [0.15, 0.2) is 0 Å². The molecule has 3 nitrogen and oxygen atoms in total. The van der Waals surface area contributed by atoms with Gasteiger partial charge < -0.3 is 4.74 Å². The van der Waals surface area contributed by atoms with Gasteiger partial charge in [-0.05, 0) is 59.7 Å². The van der Waals surface area contributed by atoms with Crippen molar-refractivity contribution in [2.45, 2.75) is 6.61 Å². The first-order valence-corrected chi connectivity index (χ1v) is 7.71. The van der Waals surface area contributed by atoms with E-state index in [1.165, 1.54) is 24.3 Å². The smallest absolute Gasteiger partial charge is 0.123 e. The minimum atomic E-state index is -0.291. The van der Waals surface area contributed by atoms with Gasteiger partial charge in [0, 0.05) is 0 Å². The van der Waals surface area contributed by atoms with Crippen LogP contribution < -0.4 is 10.2 Å². The first kappa shape index (κ1) is 16.6. The lowest BCUT2D eigenvalue weighted by atomic mass is 10.2. The molecule has 0 saturated carbocycles. The zero-order chi connectivity index (χ0) is 17.5. The number of benzene rings is 3. The van der Waals surface area contributed by atoms with E-state index in [0.29, 0.717) is 18.0 Å². The number of halogens is 2. The molecule has 3 rings (SSSR count). The highest BCUT2D eigenvalue weighted by Crippen LogP contribution is 2.15. The van der Waals surface area contributed by atoms with Crippen LogP contribution >= 0.6 is 0 Å². The largest absolute Gasteiger partial charge is 0.489 e. The van der Waals surface area contributed by atoms with E-state index in [4.69, 9.17) is 4.74 Å². The van der Waals surface area contributed by atoms with E-state index in [-0.39, 0.29) is 11.6 Å². The topological polar surface area (TPSA) is 33.6 Å². The maximum atomic E-state index is 12.9. The molecule has 0 heterocycles. The van der Waals surface area contributed by atoms with Crippen LogP contribution in [0.2, 0.25) is 0 Å². The lowest BCUT2D eigenvalue weighted by Gasteiger charge is -2.07. The molecule has 0 atom stereocenters. The minimum Gasteiger partial charge on any atom is -0.489 e. The number of ether oxygens (including phenoxy) is 1. The highest BCUT2D eigenvalue weighted by molar-refractivity contribution is 5.80. The zero-order valence-corrected chi connectivity index (χ0v) is 13.3. The van der Waals surface area contributed by atoms with Gasteiger partial charge in [0.05, 0.1) is 11.9 Å². The molecule has 0 aliphatic carbocycles. The lowest BCUT2D eigenvalue weighted by molar-refractivity contribution is 0.306. The van der Waals surface area contributed by atoms with Crippen LogP contribution in [-0.4, -0.2) is 6.21 Å². The molecular formula is C20H16F2N2O. The van der Waals surface area contributed by atoms with Crippen LogP contribution in [0.15, 0.2) is 77.9 Å². The molecule has 0 bridgehead atoms. The number of nitrogens with zero attached hydrogens (tertiary/aromatic N) is 1. The normalized spacial score (nSPS) is 10.8. The van der Waals surface area contributed by atoms with Crippen molar-refractivity contribution in [3.05, 3.63) is 95.6 Å². The van der Waals surface area contributed by atoms with Crippen molar-refractivity contribution in [2.24, 2.45) is 5.10 Å². The van der Waals surface area contributed by atoms with Gasteiger partial charge in [-0.25, -0.2) is 8.78 Å². The van der Waals surface area contributed by atoms with E-state index in [9.17, 15) is 8.78 Å². The van der Waals surface area contributed by atoms with Gasteiger partial charge >= 0.3 is 0 Å².